The van der Waals surface area contributed by atoms with E-state index < -0.39 is 15.6 Å². The molecule has 0 saturated carbocycles. The Bertz CT molecular complexity index is 561. The summed E-state index contributed by atoms with van der Waals surface area (Å²) in [6, 6.07) is 6.90. The Morgan fingerprint density at radius 1 is 1.37 bits per heavy atom. The Balaban J connectivity index is 2.33. The van der Waals surface area contributed by atoms with Crippen molar-refractivity contribution in [2.45, 2.75) is 30.3 Å². The molecule has 0 aliphatic carbocycles. The summed E-state index contributed by atoms with van der Waals surface area (Å²) < 4.78 is 32.9. The van der Waals surface area contributed by atoms with Gasteiger partial charge in [-0.25, -0.2) is 8.42 Å². The molecule has 0 bridgehead atoms. The first-order valence-corrected chi connectivity index (χ1v) is 8.42. The number of sulfonamides is 1. The number of methoxy groups -OCH3 is 1. The third-order valence-corrected chi connectivity index (χ3v) is 6.43. The summed E-state index contributed by atoms with van der Waals surface area (Å²) in [4.78, 5) is 0.315. The fourth-order valence-electron chi connectivity index (χ4n) is 2.33. The average Bonchev–Trinajstić information content (AvgIpc) is 2.39. The number of hydrogen-bond donors (Lipinski definition) is 0. The lowest BCUT2D eigenvalue weighted by Crippen LogP contribution is -2.49. The van der Waals surface area contributed by atoms with Gasteiger partial charge in [0.2, 0.25) is 10.0 Å². The number of piperidine rings is 1. The first-order chi connectivity index (χ1) is 8.89. The van der Waals surface area contributed by atoms with Crippen LogP contribution in [0.15, 0.2) is 33.6 Å². The molecule has 0 aromatic heterocycles. The molecular weight excluding hydrogens is 330 g/mol. The van der Waals surface area contributed by atoms with Crippen molar-refractivity contribution in [2.75, 3.05) is 20.2 Å². The van der Waals surface area contributed by atoms with Crippen molar-refractivity contribution in [2.24, 2.45) is 0 Å². The number of nitrogens with zero attached hydrogens (tertiary/aromatic N) is 1. The molecule has 0 amide bonds. The van der Waals surface area contributed by atoms with Crippen LogP contribution >= 0.6 is 15.9 Å². The van der Waals surface area contributed by atoms with Gasteiger partial charge in [0.25, 0.3) is 0 Å². The van der Waals surface area contributed by atoms with E-state index >= 15 is 0 Å². The molecule has 1 unspecified atom stereocenters. The number of ether oxygens (including phenoxy) is 1. The quantitative estimate of drug-likeness (QED) is 0.844. The highest BCUT2D eigenvalue weighted by Crippen LogP contribution is 2.30. The molecule has 6 heteroatoms. The van der Waals surface area contributed by atoms with Gasteiger partial charge >= 0.3 is 0 Å². The van der Waals surface area contributed by atoms with E-state index in [1.807, 2.05) is 6.92 Å². The second kappa shape index (κ2) is 5.52. The maximum atomic E-state index is 12.7. The summed E-state index contributed by atoms with van der Waals surface area (Å²) >= 11 is 3.31. The van der Waals surface area contributed by atoms with Crippen molar-refractivity contribution in [3.8, 4) is 0 Å². The second-order valence-corrected chi connectivity index (χ2v) is 7.79. The molecule has 0 N–H and O–H groups in total. The average molecular weight is 348 g/mol. The lowest BCUT2D eigenvalue weighted by molar-refractivity contribution is -0.0319. The van der Waals surface area contributed by atoms with Crippen molar-refractivity contribution < 1.29 is 13.2 Å². The SMILES string of the molecule is COC1(C)CCCN(S(=O)(=O)c2ccccc2Br)C1. The van der Waals surface area contributed by atoms with Crippen LogP contribution in [0, 0.1) is 0 Å². The van der Waals surface area contributed by atoms with Gasteiger partial charge in [0, 0.05) is 24.7 Å². The number of halogens is 1. The van der Waals surface area contributed by atoms with Crippen LogP contribution in [0.1, 0.15) is 19.8 Å². The predicted molar refractivity (Wildman–Crippen MR) is 77.5 cm³/mol. The van der Waals surface area contributed by atoms with E-state index in [1.165, 1.54) is 4.31 Å². The first-order valence-electron chi connectivity index (χ1n) is 6.19. The second-order valence-electron chi connectivity index (χ2n) is 5.03. The van der Waals surface area contributed by atoms with Gasteiger partial charge in [-0.05, 0) is 47.8 Å². The molecule has 1 saturated heterocycles. The van der Waals surface area contributed by atoms with E-state index in [0.717, 1.165) is 12.8 Å². The summed E-state index contributed by atoms with van der Waals surface area (Å²) in [5.74, 6) is 0. The Labute approximate surface area is 122 Å². The van der Waals surface area contributed by atoms with Crippen LogP contribution in [0.25, 0.3) is 0 Å². The molecule has 2 rings (SSSR count). The van der Waals surface area contributed by atoms with Crippen LogP contribution in [0.4, 0.5) is 0 Å². The summed E-state index contributed by atoms with van der Waals surface area (Å²) in [5.41, 5.74) is -0.396. The molecule has 1 atom stereocenters. The van der Waals surface area contributed by atoms with Crippen LogP contribution in [-0.4, -0.2) is 38.5 Å². The van der Waals surface area contributed by atoms with Gasteiger partial charge < -0.3 is 4.74 Å². The highest BCUT2D eigenvalue weighted by Gasteiger charge is 2.37. The molecule has 1 aliphatic rings. The number of benzene rings is 1. The topological polar surface area (TPSA) is 46.6 Å². The molecule has 1 aromatic carbocycles. The van der Waals surface area contributed by atoms with Crippen LogP contribution in [0.5, 0.6) is 0 Å². The van der Waals surface area contributed by atoms with E-state index in [2.05, 4.69) is 15.9 Å². The van der Waals surface area contributed by atoms with Crippen LogP contribution < -0.4 is 0 Å². The summed E-state index contributed by atoms with van der Waals surface area (Å²) in [7, 11) is -1.83. The zero-order valence-electron chi connectivity index (χ0n) is 11.1. The van der Waals surface area contributed by atoms with Gasteiger partial charge in [-0.3, -0.25) is 0 Å². The Morgan fingerprint density at radius 3 is 2.68 bits per heavy atom. The normalized spacial score (nSPS) is 25.4. The van der Waals surface area contributed by atoms with Gasteiger partial charge in [-0.2, -0.15) is 4.31 Å². The van der Waals surface area contributed by atoms with Gasteiger partial charge in [0.15, 0.2) is 0 Å². The summed E-state index contributed by atoms with van der Waals surface area (Å²) in [5, 5.41) is 0. The lowest BCUT2D eigenvalue weighted by atomic mass is 9.96. The predicted octanol–water partition coefficient (Wildman–Crippen LogP) is 2.64. The van der Waals surface area contributed by atoms with E-state index in [-0.39, 0.29) is 0 Å². The minimum absolute atomic E-state index is 0.315. The van der Waals surface area contributed by atoms with Crippen molar-refractivity contribution in [1.82, 2.24) is 4.31 Å². The van der Waals surface area contributed by atoms with Crippen molar-refractivity contribution >= 4 is 26.0 Å². The van der Waals surface area contributed by atoms with E-state index in [1.54, 1.807) is 31.4 Å². The molecule has 0 spiro atoms. The Kier molecular flexibility index (Phi) is 4.35. The highest BCUT2D eigenvalue weighted by atomic mass is 79.9. The molecule has 106 valence electrons. The summed E-state index contributed by atoms with van der Waals surface area (Å²) in [6.45, 7) is 2.89. The molecule has 1 aromatic rings. The van der Waals surface area contributed by atoms with Crippen LogP contribution in [-0.2, 0) is 14.8 Å². The minimum Gasteiger partial charge on any atom is -0.377 e. The van der Waals surface area contributed by atoms with Gasteiger partial charge in [0.05, 0.1) is 10.5 Å². The van der Waals surface area contributed by atoms with Gasteiger partial charge in [-0.15, -0.1) is 0 Å². The maximum absolute atomic E-state index is 12.7. The molecule has 19 heavy (non-hydrogen) atoms. The van der Waals surface area contributed by atoms with E-state index in [0.29, 0.717) is 22.5 Å². The Morgan fingerprint density at radius 2 is 2.05 bits per heavy atom. The summed E-state index contributed by atoms with van der Waals surface area (Å²) in [6.07, 6.45) is 1.69. The molecule has 1 fully saturated rings. The fourth-order valence-corrected chi connectivity index (χ4v) is 4.88. The molecular formula is C13H18BrNO3S. The number of hydrogen-bond acceptors (Lipinski definition) is 3. The smallest absolute Gasteiger partial charge is 0.244 e. The van der Waals surface area contributed by atoms with Crippen molar-refractivity contribution in [3.05, 3.63) is 28.7 Å². The Hall–Kier alpha value is -0.430. The third-order valence-electron chi connectivity index (χ3n) is 3.57. The lowest BCUT2D eigenvalue weighted by Gasteiger charge is -2.38. The zero-order chi connectivity index (χ0) is 14.1. The zero-order valence-corrected chi connectivity index (χ0v) is 13.5. The standard InChI is InChI=1S/C13H18BrNO3S/c1-13(18-2)8-5-9-15(10-13)19(16,17)12-7-4-3-6-11(12)14/h3-4,6-7H,5,8-10H2,1-2H3. The highest BCUT2D eigenvalue weighted by molar-refractivity contribution is 9.10. The third kappa shape index (κ3) is 3.02. The monoisotopic (exact) mass is 347 g/mol. The number of rotatable bonds is 3. The van der Waals surface area contributed by atoms with Crippen LogP contribution in [0.3, 0.4) is 0 Å². The molecule has 1 aliphatic heterocycles. The molecule has 1 heterocycles. The molecule has 0 radical (unpaired) electrons. The van der Waals surface area contributed by atoms with Crippen molar-refractivity contribution in [3.63, 3.8) is 0 Å². The van der Waals surface area contributed by atoms with E-state index in [4.69, 9.17) is 4.74 Å². The van der Waals surface area contributed by atoms with Gasteiger partial charge in [0.1, 0.15) is 0 Å². The first kappa shape index (κ1) is 15.0. The van der Waals surface area contributed by atoms with Crippen molar-refractivity contribution in [1.29, 1.82) is 0 Å². The van der Waals surface area contributed by atoms with Crippen LogP contribution in [0.2, 0.25) is 0 Å². The van der Waals surface area contributed by atoms with E-state index in [9.17, 15) is 8.42 Å². The molecule has 4 nitrogen and oxygen atoms in total. The fraction of sp³-hybridized carbons (Fsp3) is 0.538. The van der Waals surface area contributed by atoms with Gasteiger partial charge in [-0.1, -0.05) is 12.1 Å². The largest absolute Gasteiger partial charge is 0.377 e. The maximum Gasteiger partial charge on any atom is 0.244 e. The minimum atomic E-state index is -3.47.